The second kappa shape index (κ2) is 7.60. The lowest BCUT2D eigenvalue weighted by Crippen LogP contribution is -2.50. The van der Waals surface area contributed by atoms with Gasteiger partial charge in [0.15, 0.2) is 5.84 Å². The summed E-state index contributed by atoms with van der Waals surface area (Å²) in [6.07, 6.45) is 9.01. The molecule has 5 heterocycles. The van der Waals surface area contributed by atoms with E-state index in [2.05, 4.69) is 45.1 Å². The topological polar surface area (TPSA) is 83.5 Å². The number of aryl methyl sites for hydroxylation is 1. The second-order valence-corrected chi connectivity index (χ2v) is 10.00. The third kappa shape index (κ3) is 2.92. The lowest BCUT2D eigenvalue weighted by molar-refractivity contribution is 0.292. The minimum absolute atomic E-state index is 0.100. The summed E-state index contributed by atoms with van der Waals surface area (Å²) in [6.45, 7) is 3.44. The van der Waals surface area contributed by atoms with Gasteiger partial charge in [0.1, 0.15) is 11.5 Å². The summed E-state index contributed by atoms with van der Waals surface area (Å²) in [4.78, 5) is 24.0. The highest BCUT2D eigenvalue weighted by atomic mass is 15.3. The molecule has 1 spiro atoms. The van der Waals surface area contributed by atoms with Crippen LogP contribution in [0.1, 0.15) is 47.5 Å². The molecule has 0 saturated carbocycles. The Morgan fingerprint density at radius 2 is 1.85 bits per heavy atom. The van der Waals surface area contributed by atoms with Crippen LogP contribution in [0.25, 0.3) is 0 Å². The van der Waals surface area contributed by atoms with E-state index in [9.17, 15) is 0 Å². The van der Waals surface area contributed by atoms with Crippen molar-refractivity contribution in [2.45, 2.75) is 50.1 Å². The average Bonchev–Trinajstić information content (AvgIpc) is 3.43. The van der Waals surface area contributed by atoms with Crippen LogP contribution in [0.3, 0.4) is 0 Å². The molecule has 1 saturated heterocycles. The largest absolute Gasteiger partial charge is 0.355 e. The molecule has 1 atom stereocenters. The molecule has 1 fully saturated rings. The number of rotatable bonds is 1. The Morgan fingerprint density at radius 3 is 2.76 bits per heavy atom. The molecule has 7 heteroatoms. The summed E-state index contributed by atoms with van der Waals surface area (Å²) in [7, 11) is 0. The Hall–Kier alpha value is -3.32. The molecule has 2 N–H and O–H groups in total. The zero-order chi connectivity index (χ0) is 22.7. The molecule has 4 aliphatic rings. The second-order valence-electron chi connectivity index (χ2n) is 10.00. The lowest BCUT2D eigenvalue weighted by Gasteiger charge is -2.43. The highest BCUT2D eigenvalue weighted by Gasteiger charge is 2.46. The highest BCUT2D eigenvalue weighted by molar-refractivity contribution is 6.11. The summed E-state index contributed by atoms with van der Waals surface area (Å²) in [5.41, 5.74) is 13.9. The van der Waals surface area contributed by atoms with E-state index in [4.69, 9.17) is 20.7 Å². The van der Waals surface area contributed by atoms with Crippen molar-refractivity contribution in [3.8, 4) is 0 Å². The zero-order valence-corrected chi connectivity index (χ0v) is 19.3. The van der Waals surface area contributed by atoms with Crippen LogP contribution < -0.4 is 15.5 Å². The predicted octanol–water partition coefficient (Wildman–Crippen LogP) is 3.01. The monoisotopic (exact) mass is 451 g/mol. The molecule has 3 aromatic rings. The van der Waals surface area contributed by atoms with Crippen molar-refractivity contribution in [2.24, 2.45) is 10.7 Å². The van der Waals surface area contributed by atoms with E-state index in [0.717, 1.165) is 86.2 Å². The van der Waals surface area contributed by atoms with E-state index in [0.29, 0.717) is 6.54 Å². The Morgan fingerprint density at radius 1 is 0.971 bits per heavy atom. The van der Waals surface area contributed by atoms with Crippen molar-refractivity contribution in [3.63, 3.8) is 0 Å². The number of nitrogens with two attached hydrogens (primary N) is 1. The van der Waals surface area contributed by atoms with Gasteiger partial charge in [0.25, 0.3) is 0 Å². The third-order valence-electron chi connectivity index (χ3n) is 8.31. The molecule has 0 unspecified atom stereocenters. The van der Waals surface area contributed by atoms with Crippen molar-refractivity contribution >= 4 is 17.3 Å². The number of anilines is 2. The Labute approximate surface area is 199 Å². The minimum atomic E-state index is 0.100. The van der Waals surface area contributed by atoms with Crippen LogP contribution in [0.5, 0.6) is 0 Å². The van der Waals surface area contributed by atoms with Gasteiger partial charge in [-0.1, -0.05) is 24.3 Å². The fourth-order valence-corrected chi connectivity index (χ4v) is 6.51. The maximum Gasteiger partial charge on any atom is 0.156 e. The fraction of sp³-hybridized carbons (Fsp3) is 0.407. The van der Waals surface area contributed by atoms with Gasteiger partial charge in [0.2, 0.25) is 0 Å². The quantitative estimate of drug-likeness (QED) is 0.612. The van der Waals surface area contributed by atoms with E-state index >= 15 is 0 Å². The highest BCUT2D eigenvalue weighted by Crippen LogP contribution is 2.46. The summed E-state index contributed by atoms with van der Waals surface area (Å²) < 4.78 is 0. The van der Waals surface area contributed by atoms with Gasteiger partial charge >= 0.3 is 0 Å². The van der Waals surface area contributed by atoms with Crippen LogP contribution in [-0.2, 0) is 24.8 Å². The third-order valence-corrected chi connectivity index (χ3v) is 8.31. The molecule has 0 radical (unpaired) electrons. The molecule has 34 heavy (non-hydrogen) atoms. The van der Waals surface area contributed by atoms with E-state index < -0.39 is 0 Å². The number of benzene rings is 1. The lowest BCUT2D eigenvalue weighted by atomic mass is 9.71. The van der Waals surface area contributed by atoms with Crippen LogP contribution in [0.2, 0.25) is 0 Å². The van der Waals surface area contributed by atoms with Crippen LogP contribution >= 0.6 is 0 Å². The standard InChI is InChI=1S/C27H29N7/c28-23-15-18-5-1-2-6-19(18)27(23)9-13-33(14-10-27)24-17-30-25-21(32-24)16-31-26(25)34-12-4-7-20-22(34)8-3-11-29-20/h1-3,5-6,8,11,17,23H,4,7,9-10,12-16,28H2/t23-/m1/s1. The van der Waals surface area contributed by atoms with Gasteiger partial charge in [0, 0.05) is 37.3 Å². The summed E-state index contributed by atoms with van der Waals surface area (Å²) in [5, 5.41) is 0. The fourth-order valence-electron chi connectivity index (χ4n) is 6.51. The molecule has 7 rings (SSSR count). The van der Waals surface area contributed by atoms with Crippen LogP contribution in [0, 0.1) is 0 Å². The molecule has 1 aliphatic carbocycles. The molecule has 172 valence electrons. The van der Waals surface area contributed by atoms with Crippen molar-refractivity contribution < 1.29 is 0 Å². The van der Waals surface area contributed by atoms with Gasteiger partial charge in [0.05, 0.1) is 29.8 Å². The average molecular weight is 452 g/mol. The Balaban J connectivity index is 1.12. The zero-order valence-electron chi connectivity index (χ0n) is 19.3. The van der Waals surface area contributed by atoms with Gasteiger partial charge in [-0.3, -0.25) is 9.98 Å². The first kappa shape index (κ1) is 20.1. The predicted molar refractivity (Wildman–Crippen MR) is 133 cm³/mol. The number of fused-ring (bicyclic) bond motifs is 4. The molecule has 1 aromatic carbocycles. The smallest absolute Gasteiger partial charge is 0.156 e. The van der Waals surface area contributed by atoms with Gasteiger partial charge < -0.3 is 15.5 Å². The van der Waals surface area contributed by atoms with Crippen molar-refractivity contribution in [1.82, 2.24) is 15.0 Å². The number of aliphatic imine (C=N–C) groups is 1. The maximum absolute atomic E-state index is 6.70. The molecule has 7 nitrogen and oxygen atoms in total. The molecule has 2 aromatic heterocycles. The molecule has 0 bridgehead atoms. The van der Waals surface area contributed by atoms with Crippen molar-refractivity contribution in [3.05, 3.63) is 77.0 Å². The molecular formula is C27H29N7. The first-order chi connectivity index (χ1) is 16.7. The van der Waals surface area contributed by atoms with Crippen LogP contribution in [0.4, 0.5) is 11.5 Å². The number of piperidine rings is 1. The SMILES string of the molecule is N[C@@H]1Cc2ccccc2C12CCN(c1cnc3c(n1)CN=C3N1CCCc3ncccc31)CC2. The Bertz CT molecular complexity index is 1290. The summed E-state index contributed by atoms with van der Waals surface area (Å²) in [5.74, 6) is 1.90. The van der Waals surface area contributed by atoms with Gasteiger partial charge in [-0.05, 0) is 55.4 Å². The minimum Gasteiger partial charge on any atom is -0.355 e. The molecule has 0 amide bonds. The van der Waals surface area contributed by atoms with Crippen LogP contribution in [-0.4, -0.2) is 46.5 Å². The van der Waals surface area contributed by atoms with E-state index in [1.54, 1.807) is 0 Å². The molecule has 3 aliphatic heterocycles. The van der Waals surface area contributed by atoms with Gasteiger partial charge in [-0.15, -0.1) is 0 Å². The maximum atomic E-state index is 6.70. The van der Waals surface area contributed by atoms with Gasteiger partial charge in [-0.2, -0.15) is 0 Å². The number of hydrogen-bond donors (Lipinski definition) is 1. The van der Waals surface area contributed by atoms with Crippen LogP contribution in [0.15, 0.2) is 53.8 Å². The van der Waals surface area contributed by atoms with E-state index in [1.165, 1.54) is 11.1 Å². The first-order valence-electron chi connectivity index (χ1n) is 12.4. The Kier molecular flexibility index (Phi) is 4.49. The number of hydrogen-bond acceptors (Lipinski definition) is 7. The van der Waals surface area contributed by atoms with E-state index in [1.807, 2.05) is 18.5 Å². The molecular weight excluding hydrogens is 422 g/mol. The number of amidine groups is 1. The summed E-state index contributed by atoms with van der Waals surface area (Å²) >= 11 is 0. The van der Waals surface area contributed by atoms with E-state index in [-0.39, 0.29) is 11.5 Å². The van der Waals surface area contributed by atoms with Gasteiger partial charge in [-0.25, -0.2) is 9.97 Å². The number of nitrogens with zero attached hydrogens (tertiary/aromatic N) is 6. The number of pyridine rings is 1. The number of aromatic nitrogens is 3. The first-order valence-corrected chi connectivity index (χ1v) is 12.4. The summed E-state index contributed by atoms with van der Waals surface area (Å²) in [6, 6.07) is 13.2. The van der Waals surface area contributed by atoms with Crippen molar-refractivity contribution in [2.75, 3.05) is 29.4 Å². The van der Waals surface area contributed by atoms with Crippen molar-refractivity contribution in [1.29, 1.82) is 0 Å². The normalized spacial score (nSPS) is 22.4.